The SMILES string of the molecule is Cc1nc(NC(=O)c2c(OC(N)=O)sc(-c3ccc([N+](=O)[O-])cc3)c2CN(C)C)sc1C. The molecule has 0 spiro atoms. The number of ether oxygens (including phenoxy) is 1. The third-order valence-corrected chi connectivity index (χ3v) is 6.61. The number of primary amides is 1. The van der Waals surface area contributed by atoms with Crippen molar-refractivity contribution in [2.75, 3.05) is 19.4 Å². The molecule has 0 atom stereocenters. The maximum atomic E-state index is 13.2. The van der Waals surface area contributed by atoms with Crippen LogP contribution < -0.4 is 15.8 Å². The van der Waals surface area contributed by atoms with Crippen molar-refractivity contribution < 1.29 is 19.2 Å². The Hall–Kier alpha value is -3.35. The summed E-state index contributed by atoms with van der Waals surface area (Å²) in [4.78, 5) is 43.1. The fourth-order valence-corrected chi connectivity index (χ4v) is 4.94. The van der Waals surface area contributed by atoms with E-state index in [9.17, 15) is 19.7 Å². The number of anilines is 1. The van der Waals surface area contributed by atoms with E-state index in [4.69, 9.17) is 10.5 Å². The van der Waals surface area contributed by atoms with Gasteiger partial charge in [0.05, 0.1) is 16.2 Å². The van der Waals surface area contributed by atoms with Gasteiger partial charge in [-0.25, -0.2) is 9.78 Å². The maximum Gasteiger partial charge on any atom is 0.410 e. The molecule has 0 aliphatic heterocycles. The van der Waals surface area contributed by atoms with E-state index in [0.717, 1.165) is 21.9 Å². The van der Waals surface area contributed by atoms with E-state index in [1.807, 2.05) is 32.8 Å². The van der Waals surface area contributed by atoms with Gasteiger partial charge in [0.2, 0.25) is 0 Å². The van der Waals surface area contributed by atoms with Crippen molar-refractivity contribution >= 4 is 45.5 Å². The first-order valence-electron chi connectivity index (χ1n) is 9.34. The lowest BCUT2D eigenvalue weighted by Gasteiger charge is -2.13. The standard InChI is InChI=1S/C20H21N5O5S2/c1-10-11(2)31-20(22-10)23-17(26)15-14(9-24(3)4)16(32-18(15)30-19(21)27)12-5-7-13(8-6-12)25(28)29/h5-8H,9H2,1-4H3,(H2,21,27)(H,22,23,26). The van der Waals surface area contributed by atoms with Gasteiger partial charge < -0.3 is 15.4 Å². The number of thiophene rings is 1. The molecule has 10 nitrogen and oxygen atoms in total. The molecule has 0 bridgehead atoms. The molecule has 0 radical (unpaired) electrons. The van der Waals surface area contributed by atoms with Crippen molar-refractivity contribution in [1.82, 2.24) is 9.88 Å². The Labute approximate surface area is 191 Å². The topological polar surface area (TPSA) is 141 Å². The Bertz CT molecular complexity index is 1160. The van der Waals surface area contributed by atoms with Gasteiger partial charge in [-0.15, -0.1) is 11.3 Å². The molecule has 0 aliphatic carbocycles. The fourth-order valence-electron chi connectivity index (χ4n) is 2.96. The van der Waals surface area contributed by atoms with E-state index < -0.39 is 16.9 Å². The maximum absolute atomic E-state index is 13.2. The first kappa shape index (κ1) is 23.3. The van der Waals surface area contributed by atoms with E-state index in [1.54, 1.807) is 12.1 Å². The summed E-state index contributed by atoms with van der Waals surface area (Å²) in [6, 6.07) is 5.94. The summed E-state index contributed by atoms with van der Waals surface area (Å²) in [5, 5.41) is 14.2. The van der Waals surface area contributed by atoms with Crippen LogP contribution in [0.15, 0.2) is 24.3 Å². The summed E-state index contributed by atoms with van der Waals surface area (Å²) in [6.07, 6.45) is -1.05. The summed E-state index contributed by atoms with van der Waals surface area (Å²) in [5.41, 5.74) is 7.41. The molecule has 2 amide bonds. The zero-order chi connectivity index (χ0) is 23.6. The van der Waals surface area contributed by atoms with Gasteiger partial charge in [0.15, 0.2) is 10.2 Å². The molecule has 0 fully saturated rings. The van der Waals surface area contributed by atoms with Crippen LogP contribution in [-0.4, -0.2) is 40.9 Å². The highest BCUT2D eigenvalue weighted by atomic mass is 32.1. The van der Waals surface area contributed by atoms with Crippen molar-refractivity contribution in [3.8, 4) is 15.5 Å². The van der Waals surface area contributed by atoms with Crippen LogP contribution in [0.4, 0.5) is 15.6 Å². The molecule has 0 saturated carbocycles. The minimum atomic E-state index is -1.05. The summed E-state index contributed by atoms with van der Waals surface area (Å²) >= 11 is 2.41. The van der Waals surface area contributed by atoms with Crippen LogP contribution in [0.5, 0.6) is 5.06 Å². The largest absolute Gasteiger partial charge is 0.410 e. The van der Waals surface area contributed by atoms with Gasteiger partial charge in [-0.3, -0.25) is 20.2 Å². The predicted molar refractivity (Wildman–Crippen MR) is 124 cm³/mol. The molecule has 0 aliphatic rings. The minimum Gasteiger partial charge on any atom is -0.398 e. The normalized spacial score (nSPS) is 10.9. The van der Waals surface area contributed by atoms with Crippen molar-refractivity contribution in [1.29, 1.82) is 0 Å². The number of aryl methyl sites for hydroxylation is 2. The quantitative estimate of drug-likeness (QED) is 0.386. The number of rotatable bonds is 7. The number of nitro benzene ring substituents is 1. The second-order valence-corrected chi connectivity index (χ2v) is 9.34. The molecule has 3 aromatic rings. The molecule has 32 heavy (non-hydrogen) atoms. The number of thiazole rings is 1. The lowest BCUT2D eigenvalue weighted by molar-refractivity contribution is -0.384. The average Bonchev–Trinajstić information content (AvgIpc) is 3.19. The van der Waals surface area contributed by atoms with Gasteiger partial charge in [-0.1, -0.05) is 11.3 Å². The molecule has 3 N–H and O–H groups in total. The number of hydrogen-bond acceptors (Lipinski definition) is 9. The Morgan fingerprint density at radius 3 is 2.38 bits per heavy atom. The number of nitrogens with zero attached hydrogens (tertiary/aromatic N) is 3. The van der Waals surface area contributed by atoms with Crippen LogP contribution in [0.3, 0.4) is 0 Å². The van der Waals surface area contributed by atoms with Crippen LogP contribution in [0.1, 0.15) is 26.5 Å². The minimum absolute atomic E-state index is 0.0465. The van der Waals surface area contributed by atoms with Crippen LogP contribution in [0.2, 0.25) is 0 Å². The Balaban J connectivity index is 2.12. The van der Waals surface area contributed by atoms with E-state index in [0.29, 0.717) is 27.7 Å². The van der Waals surface area contributed by atoms with Crippen LogP contribution in [-0.2, 0) is 6.54 Å². The molecule has 2 aromatic heterocycles. The number of carbonyl (C=O) groups is 2. The summed E-state index contributed by atoms with van der Waals surface area (Å²) in [7, 11) is 3.67. The second-order valence-electron chi connectivity index (χ2n) is 7.15. The van der Waals surface area contributed by atoms with E-state index >= 15 is 0 Å². The Kier molecular flexibility index (Phi) is 6.87. The summed E-state index contributed by atoms with van der Waals surface area (Å²) in [6.45, 7) is 4.10. The molecule has 12 heteroatoms. The number of hydrogen-bond donors (Lipinski definition) is 2. The number of nitrogens with two attached hydrogens (primary N) is 1. The Morgan fingerprint density at radius 2 is 1.88 bits per heavy atom. The Morgan fingerprint density at radius 1 is 1.22 bits per heavy atom. The number of carbonyl (C=O) groups excluding carboxylic acids is 2. The van der Waals surface area contributed by atoms with Gasteiger partial charge in [-0.2, -0.15) is 0 Å². The molecular formula is C20H21N5O5S2. The highest BCUT2D eigenvalue weighted by molar-refractivity contribution is 7.18. The molecule has 0 unspecified atom stereocenters. The van der Waals surface area contributed by atoms with Gasteiger partial charge in [0, 0.05) is 34.0 Å². The van der Waals surface area contributed by atoms with Crippen molar-refractivity contribution in [2.24, 2.45) is 5.73 Å². The number of nitro groups is 1. The second kappa shape index (κ2) is 9.42. The predicted octanol–water partition coefficient (Wildman–Crippen LogP) is 4.17. The summed E-state index contributed by atoms with van der Waals surface area (Å²) in [5.74, 6) is -0.490. The molecule has 1 aromatic carbocycles. The number of amides is 2. The van der Waals surface area contributed by atoms with Crippen LogP contribution in [0.25, 0.3) is 10.4 Å². The lowest BCUT2D eigenvalue weighted by Crippen LogP contribution is -2.21. The van der Waals surface area contributed by atoms with Gasteiger partial charge in [0.25, 0.3) is 11.6 Å². The zero-order valence-corrected chi connectivity index (χ0v) is 19.4. The number of benzene rings is 1. The third kappa shape index (κ3) is 5.10. The van der Waals surface area contributed by atoms with Crippen molar-refractivity contribution in [2.45, 2.75) is 20.4 Å². The lowest BCUT2D eigenvalue weighted by atomic mass is 10.0. The zero-order valence-electron chi connectivity index (χ0n) is 17.8. The number of aromatic nitrogens is 1. The average molecular weight is 476 g/mol. The van der Waals surface area contributed by atoms with E-state index in [2.05, 4.69) is 10.3 Å². The highest BCUT2D eigenvalue weighted by Crippen LogP contribution is 2.43. The molecule has 2 heterocycles. The van der Waals surface area contributed by atoms with E-state index in [1.165, 1.54) is 23.5 Å². The van der Waals surface area contributed by atoms with Crippen molar-refractivity contribution in [3.05, 3.63) is 56.1 Å². The van der Waals surface area contributed by atoms with Gasteiger partial charge >= 0.3 is 6.09 Å². The first-order chi connectivity index (χ1) is 15.1. The van der Waals surface area contributed by atoms with Gasteiger partial charge in [0.1, 0.15) is 0 Å². The monoisotopic (exact) mass is 475 g/mol. The highest BCUT2D eigenvalue weighted by Gasteiger charge is 2.28. The molecule has 168 valence electrons. The van der Waals surface area contributed by atoms with Crippen LogP contribution in [0, 0.1) is 24.0 Å². The molecule has 3 rings (SSSR count). The number of non-ortho nitro benzene ring substituents is 1. The van der Waals surface area contributed by atoms with Crippen molar-refractivity contribution in [3.63, 3.8) is 0 Å². The molecule has 0 saturated heterocycles. The first-order valence-corrected chi connectivity index (χ1v) is 11.0. The van der Waals surface area contributed by atoms with E-state index in [-0.39, 0.29) is 16.3 Å². The van der Waals surface area contributed by atoms with Crippen LogP contribution >= 0.6 is 22.7 Å². The molecular weight excluding hydrogens is 454 g/mol. The number of nitrogens with one attached hydrogen (secondary N) is 1. The third-order valence-electron chi connectivity index (χ3n) is 4.46. The summed E-state index contributed by atoms with van der Waals surface area (Å²) < 4.78 is 5.17. The van der Waals surface area contributed by atoms with Gasteiger partial charge in [-0.05, 0) is 45.6 Å². The fraction of sp³-hybridized carbons (Fsp3) is 0.250. The smallest absolute Gasteiger partial charge is 0.398 e.